The Balaban J connectivity index is 1.22. The molecule has 7 rings (SSSR count). The minimum Gasteiger partial charge on any atom is -0.350 e. The molecule has 40 heavy (non-hydrogen) atoms. The molecule has 5 aromatic rings. The Morgan fingerprint density at radius 2 is 1.85 bits per heavy atom. The second-order valence-corrected chi connectivity index (χ2v) is 11.0. The number of benzene rings is 2. The van der Waals surface area contributed by atoms with Gasteiger partial charge in [-0.05, 0) is 91.3 Å². The first-order valence-corrected chi connectivity index (χ1v) is 13.7. The van der Waals surface area contributed by atoms with Crippen LogP contribution in [0.4, 0.5) is 10.3 Å². The maximum absolute atomic E-state index is 14.1. The van der Waals surface area contributed by atoms with Gasteiger partial charge in [-0.15, -0.1) is 5.10 Å². The van der Waals surface area contributed by atoms with Crippen molar-refractivity contribution in [2.75, 3.05) is 11.9 Å². The number of nitrogens with zero attached hydrogens (tertiary/aromatic N) is 5. The first-order valence-electron chi connectivity index (χ1n) is 13.7. The van der Waals surface area contributed by atoms with E-state index in [9.17, 15) is 14.0 Å². The largest absolute Gasteiger partial charge is 0.350 e. The van der Waals surface area contributed by atoms with Gasteiger partial charge in [-0.25, -0.2) is 8.91 Å². The predicted molar refractivity (Wildman–Crippen MR) is 150 cm³/mol. The fraction of sp³-hybridized carbons (Fsp3) is 0.290. The van der Waals surface area contributed by atoms with E-state index in [4.69, 9.17) is 0 Å². The van der Waals surface area contributed by atoms with Gasteiger partial charge in [-0.1, -0.05) is 12.1 Å². The van der Waals surface area contributed by atoms with Crippen molar-refractivity contribution in [2.45, 2.75) is 38.6 Å². The molecule has 2 aliphatic rings. The van der Waals surface area contributed by atoms with Crippen LogP contribution in [0.3, 0.4) is 0 Å². The highest BCUT2D eigenvalue weighted by Crippen LogP contribution is 2.37. The molecule has 1 aliphatic heterocycles. The van der Waals surface area contributed by atoms with Gasteiger partial charge in [0.1, 0.15) is 5.82 Å². The fourth-order valence-corrected chi connectivity index (χ4v) is 5.87. The molecule has 2 aromatic carbocycles. The third-order valence-electron chi connectivity index (χ3n) is 8.19. The summed E-state index contributed by atoms with van der Waals surface area (Å²) in [5.74, 6) is 0.0184. The SMILES string of the molecule is Cc1ccc(F)cc1C1CCCN1C(=O)c1cn(C)c2ccc(-c3ccn4nc(NC(=O)C5CC5)nc4c3)cc12. The monoisotopic (exact) mass is 536 g/mol. The van der Waals surface area contributed by atoms with Gasteiger partial charge in [0.05, 0.1) is 11.6 Å². The molecule has 3 aromatic heterocycles. The molecule has 202 valence electrons. The summed E-state index contributed by atoms with van der Waals surface area (Å²) in [5.41, 5.74) is 5.96. The molecule has 1 saturated carbocycles. The number of anilines is 1. The van der Waals surface area contributed by atoms with E-state index < -0.39 is 0 Å². The van der Waals surface area contributed by atoms with Crippen LogP contribution < -0.4 is 5.32 Å². The number of fused-ring (bicyclic) bond motifs is 2. The summed E-state index contributed by atoms with van der Waals surface area (Å²) in [7, 11) is 1.94. The molecule has 1 N–H and O–H groups in total. The van der Waals surface area contributed by atoms with E-state index in [0.717, 1.165) is 58.8 Å². The van der Waals surface area contributed by atoms with Gasteiger partial charge in [0.25, 0.3) is 5.91 Å². The van der Waals surface area contributed by atoms with Crippen molar-refractivity contribution in [2.24, 2.45) is 13.0 Å². The molecule has 2 amide bonds. The van der Waals surface area contributed by atoms with Gasteiger partial charge in [0, 0.05) is 42.8 Å². The van der Waals surface area contributed by atoms with Crippen LogP contribution in [-0.4, -0.2) is 42.4 Å². The summed E-state index contributed by atoms with van der Waals surface area (Å²) < 4.78 is 17.7. The van der Waals surface area contributed by atoms with E-state index in [-0.39, 0.29) is 29.6 Å². The third kappa shape index (κ3) is 4.22. The second kappa shape index (κ2) is 9.29. The van der Waals surface area contributed by atoms with Crippen molar-refractivity contribution in [3.8, 4) is 11.1 Å². The van der Waals surface area contributed by atoms with Crippen LogP contribution in [0.5, 0.6) is 0 Å². The lowest BCUT2D eigenvalue weighted by Gasteiger charge is -2.26. The van der Waals surface area contributed by atoms with Crippen LogP contribution in [0.15, 0.2) is 60.9 Å². The van der Waals surface area contributed by atoms with Crippen LogP contribution in [0.25, 0.3) is 27.7 Å². The number of rotatable bonds is 5. The minimum atomic E-state index is -0.281. The lowest BCUT2D eigenvalue weighted by Crippen LogP contribution is -2.30. The Labute approximate surface area is 230 Å². The highest BCUT2D eigenvalue weighted by atomic mass is 19.1. The summed E-state index contributed by atoms with van der Waals surface area (Å²) in [5, 5.41) is 8.04. The Hall–Kier alpha value is -4.53. The zero-order chi connectivity index (χ0) is 27.5. The molecule has 2 fully saturated rings. The Morgan fingerprint density at radius 1 is 1.02 bits per heavy atom. The maximum atomic E-state index is 14.1. The number of likely N-dealkylation sites (tertiary alicyclic amines) is 1. The van der Waals surface area contributed by atoms with Gasteiger partial charge in [0.2, 0.25) is 11.9 Å². The predicted octanol–water partition coefficient (Wildman–Crippen LogP) is 5.66. The van der Waals surface area contributed by atoms with Crippen molar-refractivity contribution in [3.63, 3.8) is 0 Å². The Kier molecular flexibility index (Phi) is 5.69. The average Bonchev–Trinajstić information content (AvgIpc) is 3.41. The van der Waals surface area contributed by atoms with E-state index in [1.54, 1.807) is 16.6 Å². The molecule has 8 nitrogen and oxygen atoms in total. The van der Waals surface area contributed by atoms with E-state index in [1.165, 1.54) is 6.07 Å². The normalized spacial score (nSPS) is 17.2. The summed E-state index contributed by atoms with van der Waals surface area (Å²) in [6.45, 7) is 2.61. The summed E-state index contributed by atoms with van der Waals surface area (Å²) >= 11 is 0. The summed E-state index contributed by atoms with van der Waals surface area (Å²) in [6, 6.07) is 14.6. The number of nitrogens with one attached hydrogen (secondary N) is 1. The number of carbonyl (C=O) groups excluding carboxylic acids is 2. The smallest absolute Gasteiger partial charge is 0.256 e. The zero-order valence-electron chi connectivity index (χ0n) is 22.4. The van der Waals surface area contributed by atoms with Crippen molar-refractivity contribution in [3.05, 3.63) is 83.4 Å². The molecule has 4 heterocycles. The van der Waals surface area contributed by atoms with Gasteiger partial charge in [-0.3, -0.25) is 14.9 Å². The van der Waals surface area contributed by atoms with E-state index in [1.807, 2.05) is 66.2 Å². The second-order valence-electron chi connectivity index (χ2n) is 11.0. The third-order valence-corrected chi connectivity index (χ3v) is 8.19. The van der Waals surface area contributed by atoms with Gasteiger partial charge < -0.3 is 9.47 Å². The molecule has 0 spiro atoms. The molecule has 9 heteroatoms. The number of amides is 2. The van der Waals surface area contributed by atoms with Crippen molar-refractivity contribution in [1.29, 1.82) is 0 Å². The molecular weight excluding hydrogens is 507 g/mol. The number of pyridine rings is 1. The van der Waals surface area contributed by atoms with Crippen LogP contribution in [0.1, 0.15) is 53.2 Å². The number of carbonyl (C=O) groups is 2. The molecule has 0 radical (unpaired) electrons. The summed E-state index contributed by atoms with van der Waals surface area (Å²) in [6.07, 6.45) is 7.23. The van der Waals surface area contributed by atoms with Crippen LogP contribution in [0.2, 0.25) is 0 Å². The molecule has 1 unspecified atom stereocenters. The van der Waals surface area contributed by atoms with E-state index in [2.05, 4.69) is 15.4 Å². The van der Waals surface area contributed by atoms with Crippen molar-refractivity contribution < 1.29 is 14.0 Å². The Morgan fingerprint density at radius 3 is 2.67 bits per heavy atom. The lowest BCUT2D eigenvalue weighted by molar-refractivity contribution is -0.117. The van der Waals surface area contributed by atoms with Gasteiger partial charge in [-0.2, -0.15) is 4.98 Å². The number of hydrogen-bond donors (Lipinski definition) is 1. The first-order chi connectivity index (χ1) is 19.4. The first kappa shape index (κ1) is 24.5. The molecule has 0 bridgehead atoms. The molecule has 1 saturated heterocycles. The quantitative estimate of drug-likeness (QED) is 0.314. The van der Waals surface area contributed by atoms with Gasteiger partial charge in [0.15, 0.2) is 5.65 Å². The average molecular weight is 537 g/mol. The maximum Gasteiger partial charge on any atom is 0.256 e. The fourth-order valence-electron chi connectivity index (χ4n) is 5.87. The van der Waals surface area contributed by atoms with Crippen LogP contribution >= 0.6 is 0 Å². The van der Waals surface area contributed by atoms with Crippen LogP contribution in [-0.2, 0) is 11.8 Å². The Bertz CT molecular complexity index is 1820. The lowest BCUT2D eigenvalue weighted by atomic mass is 9.98. The van der Waals surface area contributed by atoms with E-state index in [0.29, 0.717) is 23.7 Å². The zero-order valence-corrected chi connectivity index (χ0v) is 22.4. The highest BCUT2D eigenvalue weighted by molar-refractivity contribution is 6.08. The van der Waals surface area contributed by atoms with Crippen molar-refractivity contribution in [1.82, 2.24) is 24.1 Å². The summed E-state index contributed by atoms with van der Waals surface area (Å²) in [4.78, 5) is 32.5. The van der Waals surface area contributed by atoms with E-state index >= 15 is 0 Å². The van der Waals surface area contributed by atoms with Crippen LogP contribution in [0, 0.1) is 18.7 Å². The van der Waals surface area contributed by atoms with Gasteiger partial charge >= 0.3 is 0 Å². The number of aromatic nitrogens is 4. The van der Waals surface area contributed by atoms with Crippen molar-refractivity contribution >= 4 is 34.3 Å². The highest BCUT2D eigenvalue weighted by Gasteiger charge is 2.33. The molecule has 1 atom stereocenters. The molecule has 1 aliphatic carbocycles. The minimum absolute atomic E-state index is 0.0318. The number of aryl methyl sites for hydroxylation is 2. The number of hydrogen-bond acceptors (Lipinski definition) is 4. The standard InChI is InChI=1S/C31H29FN6O2/c1-18-5-9-22(32)16-23(18)27-4-3-12-37(27)30(40)25-17-36(2)26-10-8-20(14-24(25)26)21-11-13-38-28(15-21)33-31(35-38)34-29(39)19-6-7-19/h5,8-11,13-17,19,27H,3-4,6-7,12H2,1-2H3,(H,34,35,39). The topological polar surface area (TPSA) is 84.5 Å². The number of halogens is 1. The molecular formula is C31H29FN6O2.